The van der Waals surface area contributed by atoms with Gasteiger partial charge in [-0.3, -0.25) is 4.79 Å². The first kappa shape index (κ1) is 16.6. The summed E-state index contributed by atoms with van der Waals surface area (Å²) in [5.41, 5.74) is 0. The Bertz CT molecular complexity index is 255. The van der Waals surface area contributed by atoms with E-state index in [1.54, 1.807) is 7.11 Å². The number of aliphatic hydroxyl groups is 1. The van der Waals surface area contributed by atoms with Crippen LogP contribution in [0.5, 0.6) is 0 Å². The van der Waals surface area contributed by atoms with Crippen LogP contribution in [0.3, 0.4) is 0 Å². The van der Waals surface area contributed by atoms with Gasteiger partial charge in [-0.2, -0.15) is 0 Å². The highest BCUT2D eigenvalue weighted by Gasteiger charge is 2.29. The minimum absolute atomic E-state index is 0.0336. The fraction of sp³-hybridized carbons (Fsp3) is 0.933. The third kappa shape index (κ3) is 6.50. The van der Waals surface area contributed by atoms with Gasteiger partial charge in [0.2, 0.25) is 0 Å². The molecular weight excluding hydrogens is 244 g/mol. The standard InChI is InChI=1S/C15H28O4/c1-3-4-12-5-6-15(17)13(9-12)10-14(16)11-19-8-7-18-2/h12-14,16H,3-11H2,1-2H3. The minimum Gasteiger partial charge on any atom is -0.391 e. The topological polar surface area (TPSA) is 55.8 Å². The highest BCUT2D eigenvalue weighted by molar-refractivity contribution is 5.81. The highest BCUT2D eigenvalue weighted by Crippen LogP contribution is 2.32. The number of hydrogen-bond donors (Lipinski definition) is 1. The van der Waals surface area contributed by atoms with Crippen molar-refractivity contribution in [2.24, 2.45) is 11.8 Å². The van der Waals surface area contributed by atoms with Gasteiger partial charge in [-0.1, -0.05) is 19.8 Å². The molecular formula is C15H28O4. The van der Waals surface area contributed by atoms with Gasteiger partial charge in [-0.15, -0.1) is 0 Å². The summed E-state index contributed by atoms with van der Waals surface area (Å²) in [6, 6.07) is 0. The van der Waals surface area contributed by atoms with Crippen LogP contribution in [0, 0.1) is 11.8 Å². The van der Waals surface area contributed by atoms with Gasteiger partial charge in [0, 0.05) is 19.4 Å². The molecule has 4 nitrogen and oxygen atoms in total. The molecule has 0 saturated heterocycles. The molecule has 4 heteroatoms. The van der Waals surface area contributed by atoms with Crippen molar-refractivity contribution in [1.82, 2.24) is 0 Å². The molecule has 3 unspecified atom stereocenters. The molecule has 1 aliphatic rings. The molecule has 0 aromatic heterocycles. The van der Waals surface area contributed by atoms with Crippen LogP contribution >= 0.6 is 0 Å². The number of aliphatic hydroxyl groups excluding tert-OH is 1. The lowest BCUT2D eigenvalue weighted by Crippen LogP contribution is -2.30. The van der Waals surface area contributed by atoms with Crippen LogP contribution in [0.25, 0.3) is 0 Å². The van der Waals surface area contributed by atoms with E-state index in [4.69, 9.17) is 9.47 Å². The Hall–Kier alpha value is -0.450. The van der Waals surface area contributed by atoms with E-state index in [0.717, 1.165) is 12.8 Å². The molecule has 112 valence electrons. The Kier molecular flexibility index (Phi) is 8.26. The normalized spacial score (nSPS) is 25.5. The zero-order valence-electron chi connectivity index (χ0n) is 12.3. The van der Waals surface area contributed by atoms with E-state index in [-0.39, 0.29) is 5.92 Å². The van der Waals surface area contributed by atoms with Gasteiger partial charge in [0.1, 0.15) is 5.78 Å². The van der Waals surface area contributed by atoms with E-state index in [1.165, 1.54) is 12.8 Å². The molecule has 0 bridgehead atoms. The summed E-state index contributed by atoms with van der Waals surface area (Å²) >= 11 is 0. The number of rotatable bonds is 9. The number of ether oxygens (including phenoxy) is 2. The summed E-state index contributed by atoms with van der Waals surface area (Å²) in [7, 11) is 1.62. The second kappa shape index (κ2) is 9.45. The maximum absolute atomic E-state index is 11.9. The maximum Gasteiger partial charge on any atom is 0.136 e. The van der Waals surface area contributed by atoms with E-state index in [9.17, 15) is 9.90 Å². The van der Waals surface area contributed by atoms with Crippen LogP contribution < -0.4 is 0 Å². The quantitative estimate of drug-likeness (QED) is 0.654. The minimum atomic E-state index is -0.536. The van der Waals surface area contributed by atoms with Crippen LogP contribution in [0.2, 0.25) is 0 Å². The van der Waals surface area contributed by atoms with E-state index >= 15 is 0 Å². The predicted molar refractivity (Wildman–Crippen MR) is 74.1 cm³/mol. The van der Waals surface area contributed by atoms with E-state index in [0.29, 0.717) is 44.4 Å². The van der Waals surface area contributed by atoms with Crippen molar-refractivity contribution in [2.45, 2.75) is 51.6 Å². The summed E-state index contributed by atoms with van der Waals surface area (Å²) < 4.78 is 10.2. The lowest BCUT2D eigenvalue weighted by molar-refractivity contribution is -0.127. The van der Waals surface area contributed by atoms with Gasteiger partial charge in [0.25, 0.3) is 0 Å². The van der Waals surface area contributed by atoms with Crippen LogP contribution in [-0.2, 0) is 14.3 Å². The summed E-state index contributed by atoms with van der Waals surface area (Å²) in [6.07, 6.45) is 5.05. The Morgan fingerprint density at radius 1 is 1.42 bits per heavy atom. The van der Waals surface area contributed by atoms with Gasteiger partial charge in [-0.05, 0) is 25.2 Å². The number of Topliss-reactive ketones (excluding diaryl/α,β-unsaturated/α-hetero) is 1. The van der Waals surface area contributed by atoms with Crippen molar-refractivity contribution in [1.29, 1.82) is 0 Å². The lowest BCUT2D eigenvalue weighted by atomic mass is 9.76. The monoisotopic (exact) mass is 272 g/mol. The van der Waals surface area contributed by atoms with Crippen molar-refractivity contribution in [2.75, 3.05) is 26.9 Å². The number of methoxy groups -OCH3 is 1. The van der Waals surface area contributed by atoms with Crippen LogP contribution in [0.4, 0.5) is 0 Å². The molecule has 1 fully saturated rings. The zero-order valence-corrected chi connectivity index (χ0v) is 12.3. The number of ketones is 1. The molecule has 1 saturated carbocycles. The molecule has 0 heterocycles. The summed E-state index contributed by atoms with van der Waals surface area (Å²) in [5.74, 6) is 1.02. The average molecular weight is 272 g/mol. The van der Waals surface area contributed by atoms with E-state index in [2.05, 4.69) is 6.92 Å². The summed E-state index contributed by atoms with van der Waals surface area (Å²) in [6.45, 7) is 3.51. The molecule has 1 rings (SSSR count). The molecule has 0 aliphatic heterocycles. The lowest BCUT2D eigenvalue weighted by Gasteiger charge is -2.29. The fourth-order valence-electron chi connectivity index (χ4n) is 2.86. The second-order valence-electron chi connectivity index (χ2n) is 5.55. The molecule has 0 aromatic carbocycles. The molecule has 0 radical (unpaired) electrons. The molecule has 3 atom stereocenters. The molecule has 19 heavy (non-hydrogen) atoms. The highest BCUT2D eigenvalue weighted by atomic mass is 16.5. The van der Waals surface area contributed by atoms with Gasteiger partial charge in [0.15, 0.2) is 0 Å². The van der Waals surface area contributed by atoms with Crippen molar-refractivity contribution in [3.8, 4) is 0 Å². The first-order valence-corrected chi connectivity index (χ1v) is 7.44. The Balaban J connectivity index is 2.26. The first-order chi connectivity index (χ1) is 9.17. The SMILES string of the molecule is CCCC1CCC(=O)C(CC(O)COCCOC)C1. The number of carbonyl (C=O) groups excluding carboxylic acids is 1. The van der Waals surface area contributed by atoms with Crippen molar-refractivity contribution >= 4 is 5.78 Å². The van der Waals surface area contributed by atoms with Gasteiger partial charge < -0.3 is 14.6 Å². The van der Waals surface area contributed by atoms with Crippen LogP contribution in [-0.4, -0.2) is 43.9 Å². The molecule has 0 spiro atoms. The third-order valence-corrected chi connectivity index (χ3v) is 3.87. The summed E-state index contributed by atoms with van der Waals surface area (Å²) in [4.78, 5) is 11.9. The fourth-order valence-corrected chi connectivity index (χ4v) is 2.86. The Morgan fingerprint density at radius 2 is 2.21 bits per heavy atom. The Morgan fingerprint density at radius 3 is 2.89 bits per heavy atom. The maximum atomic E-state index is 11.9. The molecule has 0 amide bonds. The smallest absolute Gasteiger partial charge is 0.136 e. The Labute approximate surface area is 116 Å². The van der Waals surface area contributed by atoms with Crippen molar-refractivity contribution in [3.63, 3.8) is 0 Å². The van der Waals surface area contributed by atoms with Gasteiger partial charge >= 0.3 is 0 Å². The predicted octanol–water partition coefficient (Wildman–Crippen LogP) is 2.19. The van der Waals surface area contributed by atoms with E-state index in [1.807, 2.05) is 0 Å². The largest absolute Gasteiger partial charge is 0.391 e. The van der Waals surface area contributed by atoms with Crippen LogP contribution in [0.15, 0.2) is 0 Å². The van der Waals surface area contributed by atoms with Crippen molar-refractivity contribution < 1.29 is 19.4 Å². The second-order valence-corrected chi connectivity index (χ2v) is 5.55. The number of hydrogen-bond acceptors (Lipinski definition) is 4. The van der Waals surface area contributed by atoms with Gasteiger partial charge in [0.05, 0.1) is 25.9 Å². The van der Waals surface area contributed by atoms with Crippen molar-refractivity contribution in [3.05, 3.63) is 0 Å². The first-order valence-electron chi connectivity index (χ1n) is 7.44. The summed E-state index contributed by atoms with van der Waals surface area (Å²) in [5, 5.41) is 9.92. The van der Waals surface area contributed by atoms with Gasteiger partial charge in [-0.25, -0.2) is 0 Å². The van der Waals surface area contributed by atoms with E-state index < -0.39 is 6.10 Å². The third-order valence-electron chi connectivity index (χ3n) is 3.87. The molecule has 0 aromatic rings. The number of carbonyl (C=O) groups is 1. The zero-order chi connectivity index (χ0) is 14.1. The average Bonchev–Trinajstić information content (AvgIpc) is 2.39. The molecule has 1 aliphatic carbocycles. The van der Waals surface area contributed by atoms with Crippen LogP contribution in [0.1, 0.15) is 45.4 Å². The molecule has 1 N–H and O–H groups in total.